The van der Waals surface area contributed by atoms with Crippen LogP contribution in [0.5, 0.6) is 0 Å². The van der Waals surface area contributed by atoms with Gasteiger partial charge in [0.15, 0.2) is 7.14 Å². The lowest BCUT2D eigenvalue weighted by Gasteiger charge is -2.23. The topological polar surface area (TPSA) is 17.1 Å². The van der Waals surface area contributed by atoms with Crippen molar-refractivity contribution in [1.82, 2.24) is 0 Å². The van der Waals surface area contributed by atoms with Gasteiger partial charge in [0.25, 0.3) is 0 Å². The minimum absolute atomic E-state index is 0.865. The standard InChI is InChI=1S/C20H18BrOP/c1-15-7-3-5-9-19(15)23(22,18-13-11-17(21)12-14-18)20-10-6-4-8-16(20)2/h3-14H,1-2H3. The average Bonchev–Trinajstić information content (AvgIpc) is 2.56. The third-order valence-electron chi connectivity index (χ3n) is 4.10. The highest BCUT2D eigenvalue weighted by Crippen LogP contribution is 2.44. The molecule has 0 atom stereocenters. The molecule has 0 radical (unpaired) electrons. The van der Waals surface area contributed by atoms with Gasteiger partial charge in [-0.1, -0.05) is 64.5 Å². The van der Waals surface area contributed by atoms with Crippen LogP contribution in [-0.4, -0.2) is 0 Å². The van der Waals surface area contributed by atoms with Crippen molar-refractivity contribution in [3.63, 3.8) is 0 Å². The van der Waals surface area contributed by atoms with E-state index in [9.17, 15) is 4.57 Å². The molecule has 0 aliphatic rings. The number of hydrogen-bond acceptors (Lipinski definition) is 1. The van der Waals surface area contributed by atoms with Crippen LogP contribution in [0.1, 0.15) is 11.1 Å². The maximum absolute atomic E-state index is 14.4. The minimum atomic E-state index is -2.89. The van der Waals surface area contributed by atoms with E-state index in [1.807, 2.05) is 86.6 Å². The first-order chi connectivity index (χ1) is 11.0. The highest BCUT2D eigenvalue weighted by atomic mass is 79.9. The van der Waals surface area contributed by atoms with Crippen LogP contribution in [0.4, 0.5) is 0 Å². The van der Waals surface area contributed by atoms with Gasteiger partial charge in [-0.05, 0) is 49.2 Å². The van der Waals surface area contributed by atoms with Gasteiger partial charge in [0.1, 0.15) is 0 Å². The Balaban J connectivity index is 2.35. The molecule has 116 valence electrons. The Morgan fingerprint density at radius 2 is 1.13 bits per heavy atom. The second kappa shape index (κ2) is 6.47. The van der Waals surface area contributed by atoms with Gasteiger partial charge in [0.2, 0.25) is 0 Å². The highest BCUT2D eigenvalue weighted by Gasteiger charge is 2.32. The Bertz CT molecular complexity index is 835. The zero-order valence-electron chi connectivity index (χ0n) is 13.2. The van der Waals surface area contributed by atoms with E-state index in [1.165, 1.54) is 0 Å². The summed E-state index contributed by atoms with van der Waals surface area (Å²) >= 11 is 3.46. The summed E-state index contributed by atoms with van der Waals surface area (Å²) in [6.07, 6.45) is 0. The lowest BCUT2D eigenvalue weighted by atomic mass is 10.2. The first-order valence-electron chi connectivity index (χ1n) is 7.52. The molecule has 0 unspecified atom stereocenters. The summed E-state index contributed by atoms with van der Waals surface area (Å²) in [6, 6.07) is 23.8. The van der Waals surface area contributed by atoms with Crippen LogP contribution >= 0.6 is 23.1 Å². The van der Waals surface area contributed by atoms with Crippen LogP contribution < -0.4 is 15.9 Å². The fourth-order valence-corrected chi connectivity index (χ4v) is 6.28. The van der Waals surface area contributed by atoms with E-state index in [0.29, 0.717) is 0 Å². The molecule has 3 rings (SSSR count). The number of benzene rings is 3. The summed E-state index contributed by atoms with van der Waals surface area (Å²) in [4.78, 5) is 0. The molecule has 0 saturated heterocycles. The van der Waals surface area contributed by atoms with E-state index >= 15 is 0 Å². The van der Waals surface area contributed by atoms with Gasteiger partial charge in [0, 0.05) is 20.4 Å². The lowest BCUT2D eigenvalue weighted by Crippen LogP contribution is -2.28. The van der Waals surface area contributed by atoms with Crippen LogP contribution in [0.15, 0.2) is 77.3 Å². The summed E-state index contributed by atoms with van der Waals surface area (Å²) in [5, 5.41) is 2.69. The minimum Gasteiger partial charge on any atom is -0.309 e. The van der Waals surface area contributed by atoms with Crippen molar-refractivity contribution < 1.29 is 4.57 Å². The van der Waals surface area contributed by atoms with Crippen LogP contribution in [0.3, 0.4) is 0 Å². The number of hydrogen-bond donors (Lipinski definition) is 0. The molecule has 3 aromatic carbocycles. The third kappa shape index (κ3) is 2.94. The molecule has 0 aliphatic carbocycles. The van der Waals surface area contributed by atoms with Crippen molar-refractivity contribution in [2.24, 2.45) is 0 Å². The van der Waals surface area contributed by atoms with Crippen LogP contribution in [0, 0.1) is 13.8 Å². The predicted molar refractivity (Wildman–Crippen MR) is 103 cm³/mol. The van der Waals surface area contributed by atoms with Gasteiger partial charge >= 0.3 is 0 Å². The summed E-state index contributed by atoms with van der Waals surface area (Å²) < 4.78 is 15.3. The van der Waals surface area contributed by atoms with Gasteiger partial charge in [-0.15, -0.1) is 0 Å². The normalized spacial score (nSPS) is 11.4. The van der Waals surface area contributed by atoms with E-state index in [4.69, 9.17) is 0 Å². The van der Waals surface area contributed by atoms with Crippen LogP contribution in [0.25, 0.3) is 0 Å². The molecule has 0 amide bonds. The zero-order chi connectivity index (χ0) is 16.4. The largest absolute Gasteiger partial charge is 0.309 e. The van der Waals surface area contributed by atoms with E-state index in [0.717, 1.165) is 31.5 Å². The van der Waals surface area contributed by atoms with Crippen molar-refractivity contribution in [2.75, 3.05) is 0 Å². The number of aryl methyl sites for hydroxylation is 2. The highest BCUT2D eigenvalue weighted by molar-refractivity contribution is 9.10. The van der Waals surface area contributed by atoms with Crippen molar-refractivity contribution in [2.45, 2.75) is 13.8 Å². The van der Waals surface area contributed by atoms with Crippen LogP contribution in [0.2, 0.25) is 0 Å². The van der Waals surface area contributed by atoms with Crippen molar-refractivity contribution >= 4 is 39.0 Å². The third-order valence-corrected chi connectivity index (χ3v) is 8.01. The number of halogens is 1. The maximum Gasteiger partial charge on any atom is 0.171 e. The van der Waals surface area contributed by atoms with E-state index in [2.05, 4.69) is 15.9 Å². The summed E-state index contributed by atoms with van der Waals surface area (Å²) in [5.74, 6) is 0. The number of rotatable bonds is 3. The average molecular weight is 385 g/mol. The van der Waals surface area contributed by atoms with E-state index < -0.39 is 7.14 Å². The van der Waals surface area contributed by atoms with E-state index in [1.54, 1.807) is 0 Å². The molecular formula is C20H18BrOP. The Morgan fingerprint density at radius 1 is 0.696 bits per heavy atom. The van der Waals surface area contributed by atoms with Gasteiger partial charge in [-0.3, -0.25) is 0 Å². The molecule has 23 heavy (non-hydrogen) atoms. The molecule has 0 aliphatic heterocycles. The summed E-state index contributed by atoms with van der Waals surface area (Å²) in [6.45, 7) is 4.05. The molecule has 0 fully saturated rings. The SMILES string of the molecule is Cc1ccccc1P(=O)(c1ccc(Br)cc1)c1ccccc1C. The first kappa shape index (κ1) is 16.2. The van der Waals surface area contributed by atoms with Gasteiger partial charge in [-0.25, -0.2) is 0 Å². The Morgan fingerprint density at radius 3 is 1.57 bits per heavy atom. The zero-order valence-corrected chi connectivity index (χ0v) is 15.6. The fraction of sp³-hybridized carbons (Fsp3) is 0.100. The molecule has 0 bridgehead atoms. The smallest absolute Gasteiger partial charge is 0.171 e. The summed E-state index contributed by atoms with van der Waals surface area (Å²) in [5.41, 5.74) is 2.11. The molecule has 0 saturated carbocycles. The van der Waals surface area contributed by atoms with E-state index in [-0.39, 0.29) is 0 Å². The predicted octanol–water partition coefficient (Wildman–Crippen LogP) is 4.71. The van der Waals surface area contributed by atoms with Gasteiger partial charge in [0.05, 0.1) is 0 Å². The second-order valence-electron chi connectivity index (χ2n) is 5.66. The van der Waals surface area contributed by atoms with Crippen molar-refractivity contribution in [3.05, 3.63) is 88.4 Å². The molecule has 0 heterocycles. The molecule has 0 N–H and O–H groups in total. The quantitative estimate of drug-likeness (QED) is 0.597. The van der Waals surface area contributed by atoms with Gasteiger partial charge in [-0.2, -0.15) is 0 Å². The molecular weight excluding hydrogens is 367 g/mol. The molecule has 1 nitrogen and oxygen atoms in total. The van der Waals surface area contributed by atoms with Gasteiger partial charge < -0.3 is 4.57 Å². The monoisotopic (exact) mass is 384 g/mol. The molecule has 0 spiro atoms. The van der Waals surface area contributed by atoms with Crippen molar-refractivity contribution in [1.29, 1.82) is 0 Å². The molecule has 3 aromatic rings. The Kier molecular flexibility index (Phi) is 4.57. The Hall–Kier alpha value is -1.63. The fourth-order valence-electron chi connectivity index (χ4n) is 2.89. The van der Waals surface area contributed by atoms with Crippen molar-refractivity contribution in [3.8, 4) is 0 Å². The second-order valence-corrected chi connectivity index (χ2v) is 9.27. The molecule has 3 heteroatoms. The molecule has 0 aromatic heterocycles. The summed E-state index contributed by atoms with van der Waals surface area (Å²) in [7, 11) is -2.89. The van der Waals surface area contributed by atoms with Crippen LogP contribution in [-0.2, 0) is 4.57 Å². The lowest BCUT2D eigenvalue weighted by molar-refractivity contribution is 0.592. The first-order valence-corrected chi connectivity index (χ1v) is 10.0. The maximum atomic E-state index is 14.4. The Labute approximate surface area is 145 Å².